The lowest BCUT2D eigenvalue weighted by Crippen LogP contribution is -2.28. The third-order valence-electron chi connectivity index (χ3n) is 1.93. The summed E-state index contributed by atoms with van der Waals surface area (Å²) in [7, 11) is 0. The predicted octanol–water partition coefficient (Wildman–Crippen LogP) is 0.141. The first-order valence-corrected chi connectivity index (χ1v) is 5.12. The Morgan fingerprint density at radius 3 is 2.74 bits per heavy atom. The number of hydroxylamine groups is 1. The van der Waals surface area contributed by atoms with Crippen molar-refractivity contribution in [1.82, 2.24) is 5.48 Å². The van der Waals surface area contributed by atoms with Gasteiger partial charge in [0.15, 0.2) is 6.61 Å². The molecule has 0 saturated carbocycles. The zero-order chi connectivity index (χ0) is 14.3. The molecule has 0 aromatic heterocycles. The minimum absolute atomic E-state index is 0.121. The second kappa shape index (κ2) is 6.87. The highest BCUT2D eigenvalue weighted by molar-refractivity contribution is 5.91. The monoisotopic (exact) mass is 265 g/mol. The molecule has 100 valence electrons. The molecule has 0 fully saturated rings. The highest BCUT2D eigenvalue weighted by Crippen LogP contribution is 2.18. The first-order chi connectivity index (χ1) is 9.00. The number of amides is 2. The van der Waals surface area contributed by atoms with Crippen molar-refractivity contribution in [3.63, 3.8) is 0 Å². The Hall–Kier alpha value is -2.74. The van der Waals surface area contributed by atoms with Crippen LogP contribution >= 0.6 is 0 Å². The summed E-state index contributed by atoms with van der Waals surface area (Å²) in [5.74, 6) is -1.40. The number of nitro groups is 1. The number of carbonyl (C=O) groups excluding carboxylic acids is 2. The fourth-order valence-corrected chi connectivity index (χ4v) is 1.17. The van der Waals surface area contributed by atoms with Crippen LogP contribution in [0.4, 0.5) is 5.69 Å². The molecule has 0 heterocycles. The number of hydrogen-bond donors (Lipinski definition) is 2. The zero-order valence-electron chi connectivity index (χ0n) is 9.74. The quantitative estimate of drug-likeness (QED) is 0.430. The van der Waals surface area contributed by atoms with Crippen molar-refractivity contribution < 1.29 is 19.3 Å². The van der Waals surface area contributed by atoms with E-state index in [1.165, 1.54) is 24.3 Å². The molecule has 0 aliphatic heterocycles. The summed E-state index contributed by atoms with van der Waals surface area (Å²) < 4.78 is 0. The maximum atomic E-state index is 11.2. The summed E-state index contributed by atoms with van der Waals surface area (Å²) in [6.07, 6.45) is 2.31. The van der Waals surface area contributed by atoms with Crippen molar-refractivity contribution in [2.45, 2.75) is 0 Å². The fraction of sp³-hybridized carbons (Fsp3) is 0.0909. The van der Waals surface area contributed by atoms with Gasteiger partial charge in [-0.2, -0.15) is 0 Å². The van der Waals surface area contributed by atoms with E-state index in [1.54, 1.807) is 6.07 Å². The molecule has 0 saturated heterocycles. The lowest BCUT2D eigenvalue weighted by molar-refractivity contribution is -0.385. The molecule has 0 unspecified atom stereocenters. The second-order valence-corrected chi connectivity index (χ2v) is 3.37. The number of nitrogens with zero attached hydrogens (tertiary/aromatic N) is 1. The Labute approximate surface area is 107 Å². The summed E-state index contributed by atoms with van der Waals surface area (Å²) in [6, 6.07) is 5.94. The van der Waals surface area contributed by atoms with E-state index in [0.29, 0.717) is 0 Å². The molecule has 0 bridgehead atoms. The first-order valence-electron chi connectivity index (χ1n) is 5.12. The van der Waals surface area contributed by atoms with Crippen LogP contribution in [0.1, 0.15) is 5.56 Å². The van der Waals surface area contributed by atoms with Gasteiger partial charge in [0, 0.05) is 12.1 Å². The van der Waals surface area contributed by atoms with E-state index in [4.69, 9.17) is 5.73 Å². The molecule has 0 atom stereocenters. The maximum absolute atomic E-state index is 11.2. The second-order valence-electron chi connectivity index (χ2n) is 3.37. The molecule has 8 nitrogen and oxygen atoms in total. The lowest BCUT2D eigenvalue weighted by Gasteiger charge is -2.00. The van der Waals surface area contributed by atoms with Crippen molar-refractivity contribution >= 4 is 23.6 Å². The molecule has 1 rings (SSSR count). The van der Waals surface area contributed by atoms with Gasteiger partial charge in [-0.3, -0.25) is 24.5 Å². The minimum atomic E-state index is -0.733. The van der Waals surface area contributed by atoms with Gasteiger partial charge in [0.25, 0.3) is 11.6 Å². The summed E-state index contributed by atoms with van der Waals surface area (Å²) in [5, 5.41) is 10.7. The van der Waals surface area contributed by atoms with Gasteiger partial charge in [0.2, 0.25) is 5.91 Å². The van der Waals surface area contributed by atoms with Gasteiger partial charge in [0.1, 0.15) is 0 Å². The summed E-state index contributed by atoms with van der Waals surface area (Å²) in [5.41, 5.74) is 6.88. The van der Waals surface area contributed by atoms with Gasteiger partial charge in [-0.1, -0.05) is 12.1 Å². The molecule has 8 heteroatoms. The van der Waals surface area contributed by atoms with Crippen LogP contribution in [0.15, 0.2) is 30.3 Å². The first kappa shape index (κ1) is 14.3. The number of hydrogen-bond acceptors (Lipinski definition) is 5. The molecular formula is C11H11N3O5. The smallest absolute Gasteiger partial charge is 0.276 e. The van der Waals surface area contributed by atoms with Crippen molar-refractivity contribution in [1.29, 1.82) is 0 Å². The highest BCUT2D eigenvalue weighted by Gasteiger charge is 2.09. The van der Waals surface area contributed by atoms with Crippen LogP contribution in [0.5, 0.6) is 0 Å². The zero-order valence-corrected chi connectivity index (χ0v) is 9.74. The fourth-order valence-electron chi connectivity index (χ4n) is 1.17. The van der Waals surface area contributed by atoms with E-state index in [0.717, 1.165) is 6.08 Å². The number of rotatable bonds is 6. The van der Waals surface area contributed by atoms with Crippen molar-refractivity contribution in [2.75, 3.05) is 6.61 Å². The van der Waals surface area contributed by atoms with Crippen LogP contribution in [0.3, 0.4) is 0 Å². The SMILES string of the molecule is NC(=O)CONC(=O)/C=C/c1ccccc1[N+](=O)[O-]. The van der Waals surface area contributed by atoms with Gasteiger partial charge in [-0.15, -0.1) is 0 Å². The van der Waals surface area contributed by atoms with Crippen molar-refractivity contribution in [2.24, 2.45) is 5.73 Å². The minimum Gasteiger partial charge on any atom is -0.368 e. The van der Waals surface area contributed by atoms with Gasteiger partial charge in [-0.05, 0) is 12.1 Å². The highest BCUT2D eigenvalue weighted by atomic mass is 16.7. The normalized spacial score (nSPS) is 10.3. The number of carbonyl (C=O) groups is 2. The standard InChI is InChI=1S/C11H11N3O5/c12-10(15)7-19-13-11(16)6-5-8-3-1-2-4-9(8)14(17)18/h1-6H,7H2,(H2,12,15)(H,13,16)/b6-5+. The summed E-state index contributed by atoms with van der Waals surface area (Å²) in [4.78, 5) is 36.2. The van der Waals surface area contributed by atoms with Crippen molar-refractivity contribution in [3.8, 4) is 0 Å². The Morgan fingerprint density at radius 2 is 2.11 bits per heavy atom. The number of nitro benzene ring substituents is 1. The molecule has 0 aliphatic carbocycles. The number of primary amides is 1. The number of benzene rings is 1. The molecule has 0 aliphatic rings. The summed E-state index contributed by atoms with van der Waals surface area (Å²) in [6.45, 7) is -0.453. The largest absolute Gasteiger partial charge is 0.368 e. The van der Waals surface area contributed by atoms with Crippen LogP contribution in [-0.4, -0.2) is 23.3 Å². The van der Waals surface area contributed by atoms with E-state index in [-0.39, 0.29) is 11.3 Å². The molecule has 2 amide bonds. The number of nitrogens with two attached hydrogens (primary N) is 1. The van der Waals surface area contributed by atoms with Crippen LogP contribution in [0, 0.1) is 10.1 Å². The van der Waals surface area contributed by atoms with Crippen LogP contribution in [0.2, 0.25) is 0 Å². The molecule has 1 aromatic rings. The predicted molar refractivity (Wildman–Crippen MR) is 65.4 cm³/mol. The van der Waals surface area contributed by atoms with Crippen LogP contribution in [0.25, 0.3) is 6.08 Å². The third-order valence-corrected chi connectivity index (χ3v) is 1.93. The van der Waals surface area contributed by atoms with Crippen molar-refractivity contribution in [3.05, 3.63) is 46.0 Å². The van der Waals surface area contributed by atoms with Crippen LogP contribution in [-0.2, 0) is 14.4 Å². The van der Waals surface area contributed by atoms with E-state index in [1.807, 2.05) is 5.48 Å². The van der Waals surface area contributed by atoms with Gasteiger partial charge >= 0.3 is 0 Å². The number of para-hydroxylation sites is 1. The molecule has 0 spiro atoms. The Morgan fingerprint density at radius 1 is 1.42 bits per heavy atom. The Balaban J connectivity index is 2.63. The van der Waals surface area contributed by atoms with Crippen LogP contribution < -0.4 is 11.2 Å². The summed E-state index contributed by atoms with van der Waals surface area (Å²) >= 11 is 0. The van der Waals surface area contributed by atoms with E-state index >= 15 is 0 Å². The lowest BCUT2D eigenvalue weighted by atomic mass is 10.1. The third kappa shape index (κ3) is 4.96. The van der Waals surface area contributed by atoms with Gasteiger partial charge < -0.3 is 5.73 Å². The van der Waals surface area contributed by atoms with Gasteiger partial charge in [0.05, 0.1) is 10.5 Å². The Kier molecular flexibility index (Phi) is 5.17. The van der Waals surface area contributed by atoms with E-state index < -0.39 is 23.3 Å². The van der Waals surface area contributed by atoms with E-state index in [9.17, 15) is 19.7 Å². The maximum Gasteiger partial charge on any atom is 0.276 e. The average Bonchev–Trinajstić information content (AvgIpc) is 2.36. The number of nitrogens with one attached hydrogen (secondary N) is 1. The van der Waals surface area contributed by atoms with Gasteiger partial charge in [-0.25, -0.2) is 5.48 Å². The Bertz CT molecular complexity index is 527. The molecule has 1 aromatic carbocycles. The molecule has 3 N–H and O–H groups in total. The average molecular weight is 265 g/mol. The molecule has 19 heavy (non-hydrogen) atoms. The topological polar surface area (TPSA) is 125 Å². The molecule has 0 radical (unpaired) electrons. The van der Waals surface area contributed by atoms with E-state index in [2.05, 4.69) is 4.84 Å². The molecular weight excluding hydrogens is 254 g/mol.